The van der Waals surface area contributed by atoms with E-state index in [0.29, 0.717) is 0 Å². The van der Waals surface area contributed by atoms with Gasteiger partial charge in [0.1, 0.15) is 17.9 Å². The highest BCUT2D eigenvalue weighted by Crippen LogP contribution is 2.26. The summed E-state index contributed by atoms with van der Waals surface area (Å²) in [4.78, 5) is 36.4. The first-order chi connectivity index (χ1) is 13.4. The van der Waals surface area contributed by atoms with E-state index < -0.39 is 24.0 Å². The second-order valence-corrected chi connectivity index (χ2v) is 6.23. The van der Waals surface area contributed by atoms with Gasteiger partial charge in [0.05, 0.1) is 23.9 Å². The number of aromatic hydroxyl groups is 1. The van der Waals surface area contributed by atoms with Crippen molar-refractivity contribution < 1.29 is 29.0 Å². The van der Waals surface area contributed by atoms with Crippen LogP contribution in [0.25, 0.3) is 10.8 Å². The highest BCUT2D eigenvalue weighted by atomic mass is 16.5. The van der Waals surface area contributed by atoms with E-state index in [4.69, 9.17) is 9.47 Å². The Morgan fingerprint density at radius 1 is 1.11 bits per heavy atom. The molecule has 0 bridgehead atoms. The number of hydrogen-bond donors (Lipinski definition) is 3. The molecule has 0 fully saturated rings. The Morgan fingerprint density at radius 3 is 2.46 bits per heavy atom. The molecule has 0 saturated carbocycles. The monoisotopic (exact) mass is 384 g/mol. The molecule has 2 aromatic carbocycles. The molecule has 0 unspecified atom stereocenters. The van der Waals surface area contributed by atoms with Gasteiger partial charge in [-0.2, -0.15) is 0 Å². The SMILES string of the molecule is CCOC(=O)C1=C(COC(=O)c2cc3ccccc3cc2O)NC(=O)N[C@H]1C. The molecule has 0 radical (unpaired) electrons. The molecular formula is C20H20N2O6. The van der Waals surface area contributed by atoms with Crippen LogP contribution < -0.4 is 10.6 Å². The van der Waals surface area contributed by atoms with Crippen molar-refractivity contribution >= 4 is 28.7 Å². The molecule has 2 aromatic rings. The number of phenolic OH excluding ortho intramolecular Hbond substituents is 1. The molecule has 1 aliphatic heterocycles. The van der Waals surface area contributed by atoms with Crippen molar-refractivity contribution in [3.8, 4) is 5.75 Å². The van der Waals surface area contributed by atoms with Crippen LogP contribution in [0.5, 0.6) is 5.75 Å². The van der Waals surface area contributed by atoms with Crippen molar-refractivity contribution in [2.45, 2.75) is 19.9 Å². The molecular weight excluding hydrogens is 364 g/mol. The maximum absolute atomic E-state index is 12.5. The number of urea groups is 1. The van der Waals surface area contributed by atoms with Crippen LogP contribution in [0.3, 0.4) is 0 Å². The zero-order chi connectivity index (χ0) is 20.3. The van der Waals surface area contributed by atoms with Gasteiger partial charge in [0.2, 0.25) is 0 Å². The normalized spacial score (nSPS) is 16.4. The summed E-state index contributed by atoms with van der Waals surface area (Å²) in [6.07, 6.45) is 0. The molecule has 0 spiro atoms. The smallest absolute Gasteiger partial charge is 0.342 e. The Labute approximate surface area is 161 Å². The summed E-state index contributed by atoms with van der Waals surface area (Å²) < 4.78 is 10.3. The average molecular weight is 384 g/mol. The number of rotatable bonds is 5. The number of nitrogens with one attached hydrogen (secondary N) is 2. The predicted molar refractivity (Wildman–Crippen MR) is 101 cm³/mol. The van der Waals surface area contributed by atoms with Gasteiger partial charge in [-0.15, -0.1) is 0 Å². The second kappa shape index (κ2) is 7.99. The first-order valence-electron chi connectivity index (χ1n) is 8.77. The molecule has 8 heteroatoms. The number of phenols is 1. The van der Waals surface area contributed by atoms with Crippen molar-refractivity contribution in [2.75, 3.05) is 13.2 Å². The molecule has 0 aromatic heterocycles. The molecule has 28 heavy (non-hydrogen) atoms. The minimum absolute atomic E-state index is 0.00899. The number of ether oxygens (including phenoxy) is 2. The molecule has 146 valence electrons. The summed E-state index contributed by atoms with van der Waals surface area (Å²) in [7, 11) is 0. The van der Waals surface area contributed by atoms with Crippen LogP contribution in [-0.4, -0.2) is 42.3 Å². The number of amides is 2. The number of esters is 2. The standard InChI is InChI=1S/C20H20N2O6/c1-3-27-19(25)17-11(2)21-20(26)22-15(17)10-28-18(24)14-8-12-6-4-5-7-13(12)9-16(14)23/h4-9,11,23H,3,10H2,1-2H3,(H2,21,22,26)/t11-/m0/s1. The average Bonchev–Trinajstić information content (AvgIpc) is 2.65. The van der Waals surface area contributed by atoms with Gasteiger partial charge < -0.3 is 25.2 Å². The lowest BCUT2D eigenvalue weighted by Gasteiger charge is -2.26. The van der Waals surface area contributed by atoms with Gasteiger partial charge in [0.15, 0.2) is 0 Å². The number of benzene rings is 2. The van der Waals surface area contributed by atoms with E-state index in [1.54, 1.807) is 13.8 Å². The van der Waals surface area contributed by atoms with Crippen LogP contribution in [0.1, 0.15) is 24.2 Å². The number of carbonyl (C=O) groups is 3. The second-order valence-electron chi connectivity index (χ2n) is 6.23. The number of hydrogen-bond acceptors (Lipinski definition) is 6. The first-order valence-corrected chi connectivity index (χ1v) is 8.77. The van der Waals surface area contributed by atoms with E-state index in [9.17, 15) is 19.5 Å². The third kappa shape index (κ3) is 3.90. The van der Waals surface area contributed by atoms with Crippen molar-refractivity contribution in [1.29, 1.82) is 0 Å². The van der Waals surface area contributed by atoms with Crippen molar-refractivity contribution in [3.05, 3.63) is 53.2 Å². The molecule has 2 amide bonds. The summed E-state index contributed by atoms with van der Waals surface area (Å²) in [5.41, 5.74) is 0.311. The van der Waals surface area contributed by atoms with Gasteiger partial charge in [-0.3, -0.25) is 0 Å². The lowest BCUT2D eigenvalue weighted by atomic mass is 10.0. The molecule has 1 atom stereocenters. The fourth-order valence-electron chi connectivity index (χ4n) is 3.00. The molecule has 0 aliphatic carbocycles. The Hall–Kier alpha value is -3.55. The summed E-state index contributed by atoms with van der Waals surface area (Å²) >= 11 is 0. The van der Waals surface area contributed by atoms with E-state index in [-0.39, 0.29) is 35.8 Å². The van der Waals surface area contributed by atoms with E-state index in [2.05, 4.69) is 10.6 Å². The highest BCUT2D eigenvalue weighted by Gasteiger charge is 2.30. The molecule has 3 rings (SSSR count). The summed E-state index contributed by atoms with van der Waals surface area (Å²) in [5, 5.41) is 16.7. The summed E-state index contributed by atoms with van der Waals surface area (Å²) in [5.74, 6) is -1.60. The number of carbonyl (C=O) groups excluding carboxylic acids is 3. The predicted octanol–water partition coefficient (Wildman–Crippen LogP) is 2.22. The lowest BCUT2D eigenvalue weighted by Crippen LogP contribution is -2.50. The van der Waals surface area contributed by atoms with Gasteiger partial charge in [0, 0.05) is 0 Å². The maximum Gasteiger partial charge on any atom is 0.342 e. The van der Waals surface area contributed by atoms with Crippen LogP contribution in [0.15, 0.2) is 47.7 Å². The van der Waals surface area contributed by atoms with Crippen molar-refractivity contribution in [1.82, 2.24) is 10.6 Å². The minimum Gasteiger partial charge on any atom is -0.507 e. The molecule has 8 nitrogen and oxygen atoms in total. The largest absolute Gasteiger partial charge is 0.507 e. The van der Waals surface area contributed by atoms with Crippen LogP contribution in [0, 0.1) is 0 Å². The highest BCUT2D eigenvalue weighted by molar-refractivity contribution is 5.99. The van der Waals surface area contributed by atoms with E-state index >= 15 is 0 Å². The first kappa shape index (κ1) is 19.2. The topological polar surface area (TPSA) is 114 Å². The third-order valence-electron chi connectivity index (χ3n) is 4.30. The molecule has 0 saturated heterocycles. The maximum atomic E-state index is 12.5. The van der Waals surface area contributed by atoms with Crippen LogP contribution in [-0.2, 0) is 14.3 Å². The Morgan fingerprint density at radius 2 is 1.79 bits per heavy atom. The van der Waals surface area contributed by atoms with E-state index in [1.807, 2.05) is 24.3 Å². The van der Waals surface area contributed by atoms with Crippen molar-refractivity contribution in [2.24, 2.45) is 0 Å². The molecule has 3 N–H and O–H groups in total. The Balaban J connectivity index is 1.83. The van der Waals surface area contributed by atoms with Crippen LogP contribution in [0.4, 0.5) is 4.79 Å². The fourth-order valence-corrected chi connectivity index (χ4v) is 3.00. The lowest BCUT2D eigenvalue weighted by molar-refractivity contribution is -0.139. The Kier molecular flexibility index (Phi) is 5.49. The zero-order valence-electron chi connectivity index (χ0n) is 15.4. The van der Waals surface area contributed by atoms with Gasteiger partial charge in [0.25, 0.3) is 0 Å². The third-order valence-corrected chi connectivity index (χ3v) is 4.30. The van der Waals surface area contributed by atoms with Crippen molar-refractivity contribution in [3.63, 3.8) is 0 Å². The summed E-state index contributed by atoms with van der Waals surface area (Å²) in [6.45, 7) is 3.11. The fraction of sp³-hybridized carbons (Fsp3) is 0.250. The number of fused-ring (bicyclic) bond motifs is 1. The van der Waals surface area contributed by atoms with Gasteiger partial charge in [-0.25, -0.2) is 14.4 Å². The van der Waals surface area contributed by atoms with Crippen LogP contribution >= 0.6 is 0 Å². The molecule has 1 heterocycles. The zero-order valence-corrected chi connectivity index (χ0v) is 15.4. The molecule has 1 aliphatic rings. The van der Waals surface area contributed by atoms with Crippen LogP contribution in [0.2, 0.25) is 0 Å². The van der Waals surface area contributed by atoms with E-state index in [1.165, 1.54) is 12.1 Å². The van der Waals surface area contributed by atoms with Gasteiger partial charge in [-0.05, 0) is 36.8 Å². The van der Waals surface area contributed by atoms with Gasteiger partial charge in [-0.1, -0.05) is 24.3 Å². The van der Waals surface area contributed by atoms with Gasteiger partial charge >= 0.3 is 18.0 Å². The minimum atomic E-state index is -0.778. The quantitative estimate of drug-likeness (QED) is 0.681. The summed E-state index contributed by atoms with van der Waals surface area (Å²) in [6, 6.07) is 9.14. The Bertz CT molecular complexity index is 982. The van der Waals surface area contributed by atoms with E-state index in [0.717, 1.165) is 10.8 Å².